The maximum atomic E-state index is 5.99. The zero-order valence-electron chi connectivity index (χ0n) is 9.53. The quantitative estimate of drug-likeness (QED) is 0.789. The molecule has 0 aromatic carbocycles. The Labute approximate surface area is 84.9 Å². The van der Waals surface area contributed by atoms with Crippen molar-refractivity contribution >= 4 is 0 Å². The summed E-state index contributed by atoms with van der Waals surface area (Å²) in [6.07, 6.45) is 0. The lowest BCUT2D eigenvalue weighted by Gasteiger charge is -2.23. The van der Waals surface area contributed by atoms with Crippen LogP contribution in [0, 0.1) is 5.41 Å². The minimum Gasteiger partial charge on any atom is -0.338 e. The Hall–Kier alpha value is -0.900. The van der Waals surface area contributed by atoms with Crippen molar-refractivity contribution in [3.63, 3.8) is 0 Å². The first-order chi connectivity index (χ1) is 6.32. The molecule has 0 unspecified atom stereocenters. The summed E-state index contributed by atoms with van der Waals surface area (Å²) in [6, 6.07) is -0.206. The molecule has 0 spiro atoms. The first-order valence-corrected chi connectivity index (χ1v) is 4.91. The molecule has 0 saturated carbocycles. The molecule has 0 saturated heterocycles. The smallest absolute Gasteiger partial charge is 0.244 e. The normalized spacial score (nSPS) is 14.8. The third-order valence-electron chi connectivity index (χ3n) is 2.17. The molecule has 1 heterocycles. The number of nitrogens with zero attached hydrogens (tertiary/aromatic N) is 2. The van der Waals surface area contributed by atoms with Crippen molar-refractivity contribution in [3.05, 3.63) is 11.7 Å². The van der Waals surface area contributed by atoms with Gasteiger partial charge >= 0.3 is 0 Å². The fourth-order valence-electron chi connectivity index (χ4n) is 0.979. The van der Waals surface area contributed by atoms with Gasteiger partial charge in [0.15, 0.2) is 5.82 Å². The number of hydrogen-bond acceptors (Lipinski definition) is 4. The maximum absolute atomic E-state index is 5.99. The van der Waals surface area contributed by atoms with Crippen LogP contribution in [-0.4, -0.2) is 10.1 Å². The summed E-state index contributed by atoms with van der Waals surface area (Å²) in [7, 11) is 0. The summed E-state index contributed by atoms with van der Waals surface area (Å²) in [5, 5.41) is 3.88. The van der Waals surface area contributed by atoms with Gasteiger partial charge < -0.3 is 10.3 Å². The predicted molar refractivity (Wildman–Crippen MR) is 54.8 cm³/mol. The van der Waals surface area contributed by atoms with Crippen LogP contribution < -0.4 is 5.73 Å². The summed E-state index contributed by atoms with van der Waals surface area (Å²) in [4.78, 5) is 4.27. The van der Waals surface area contributed by atoms with Gasteiger partial charge in [-0.3, -0.25) is 0 Å². The molecule has 0 aliphatic heterocycles. The molecule has 0 fully saturated rings. The van der Waals surface area contributed by atoms with Crippen molar-refractivity contribution < 1.29 is 4.52 Å². The van der Waals surface area contributed by atoms with E-state index in [0.717, 1.165) is 5.82 Å². The first kappa shape index (κ1) is 11.2. The molecular formula is C10H19N3O. The molecule has 0 amide bonds. The molecule has 1 aromatic rings. The Balaban J connectivity index is 2.87. The monoisotopic (exact) mass is 197 g/mol. The number of nitrogens with two attached hydrogens (primary N) is 1. The average molecular weight is 197 g/mol. The van der Waals surface area contributed by atoms with Gasteiger partial charge in [0.2, 0.25) is 5.89 Å². The van der Waals surface area contributed by atoms with E-state index in [-0.39, 0.29) is 17.4 Å². The van der Waals surface area contributed by atoms with Crippen LogP contribution in [0.4, 0.5) is 0 Å². The van der Waals surface area contributed by atoms with Crippen LogP contribution in [0.5, 0.6) is 0 Å². The van der Waals surface area contributed by atoms with E-state index in [9.17, 15) is 0 Å². The van der Waals surface area contributed by atoms with Crippen molar-refractivity contribution in [2.75, 3.05) is 0 Å². The van der Waals surface area contributed by atoms with Gasteiger partial charge in [-0.15, -0.1) is 0 Å². The van der Waals surface area contributed by atoms with Crippen LogP contribution in [-0.2, 0) is 0 Å². The lowest BCUT2D eigenvalue weighted by Crippen LogP contribution is -2.26. The van der Waals surface area contributed by atoms with Crippen molar-refractivity contribution in [2.24, 2.45) is 11.1 Å². The first-order valence-electron chi connectivity index (χ1n) is 4.91. The Morgan fingerprint density at radius 1 is 1.29 bits per heavy atom. The largest absolute Gasteiger partial charge is 0.338 e. The molecular weight excluding hydrogens is 178 g/mol. The van der Waals surface area contributed by atoms with Gasteiger partial charge in [0.1, 0.15) is 0 Å². The van der Waals surface area contributed by atoms with E-state index in [0.29, 0.717) is 5.89 Å². The molecule has 1 atom stereocenters. The fraction of sp³-hybridized carbons (Fsp3) is 0.800. The van der Waals surface area contributed by atoms with E-state index in [4.69, 9.17) is 10.3 Å². The Kier molecular flexibility index (Phi) is 2.95. The minimum absolute atomic E-state index is 0.0548. The highest BCUT2D eigenvalue weighted by Crippen LogP contribution is 2.29. The van der Waals surface area contributed by atoms with Crippen LogP contribution in [0.15, 0.2) is 4.52 Å². The molecule has 80 valence electrons. The molecule has 4 nitrogen and oxygen atoms in total. The SMILES string of the molecule is CC(C)c1noc([C@H](N)C(C)(C)C)n1. The predicted octanol–water partition coefficient (Wildman–Crippen LogP) is 2.24. The fourth-order valence-corrected chi connectivity index (χ4v) is 0.979. The van der Waals surface area contributed by atoms with Crippen molar-refractivity contribution in [2.45, 2.75) is 46.6 Å². The highest BCUT2D eigenvalue weighted by atomic mass is 16.5. The summed E-state index contributed by atoms with van der Waals surface area (Å²) < 4.78 is 5.13. The van der Waals surface area contributed by atoms with Gasteiger partial charge in [0, 0.05) is 5.92 Å². The summed E-state index contributed by atoms with van der Waals surface area (Å²) in [5.41, 5.74) is 5.93. The van der Waals surface area contributed by atoms with Crippen molar-refractivity contribution in [1.82, 2.24) is 10.1 Å². The molecule has 1 rings (SSSR count). The van der Waals surface area contributed by atoms with Gasteiger partial charge in [-0.1, -0.05) is 39.8 Å². The second-order valence-electron chi connectivity index (χ2n) is 4.99. The van der Waals surface area contributed by atoms with Crippen LogP contribution in [0.25, 0.3) is 0 Å². The Bertz CT molecular complexity index is 299. The van der Waals surface area contributed by atoms with E-state index in [1.165, 1.54) is 0 Å². The Morgan fingerprint density at radius 2 is 1.86 bits per heavy atom. The minimum atomic E-state index is -0.206. The van der Waals surface area contributed by atoms with Crippen molar-refractivity contribution in [3.8, 4) is 0 Å². The molecule has 0 bridgehead atoms. The van der Waals surface area contributed by atoms with E-state index in [1.807, 2.05) is 13.8 Å². The molecule has 0 aliphatic rings. The van der Waals surface area contributed by atoms with E-state index in [1.54, 1.807) is 0 Å². The van der Waals surface area contributed by atoms with E-state index >= 15 is 0 Å². The van der Waals surface area contributed by atoms with Crippen LogP contribution in [0.3, 0.4) is 0 Å². The van der Waals surface area contributed by atoms with Crippen LogP contribution in [0.1, 0.15) is 58.3 Å². The summed E-state index contributed by atoms with van der Waals surface area (Å²) in [6.45, 7) is 10.2. The van der Waals surface area contributed by atoms with Crippen molar-refractivity contribution in [1.29, 1.82) is 0 Å². The highest BCUT2D eigenvalue weighted by molar-refractivity contribution is 4.98. The number of rotatable bonds is 2. The zero-order chi connectivity index (χ0) is 10.9. The second-order valence-corrected chi connectivity index (χ2v) is 4.99. The zero-order valence-corrected chi connectivity index (χ0v) is 9.53. The number of aromatic nitrogens is 2. The van der Waals surface area contributed by atoms with Crippen LogP contribution in [0.2, 0.25) is 0 Å². The highest BCUT2D eigenvalue weighted by Gasteiger charge is 2.27. The second kappa shape index (κ2) is 3.69. The number of hydrogen-bond donors (Lipinski definition) is 1. The lowest BCUT2D eigenvalue weighted by molar-refractivity contribution is 0.252. The van der Waals surface area contributed by atoms with Gasteiger partial charge in [-0.05, 0) is 5.41 Å². The van der Waals surface area contributed by atoms with E-state index in [2.05, 4.69) is 30.9 Å². The average Bonchev–Trinajstić information content (AvgIpc) is 2.48. The molecule has 14 heavy (non-hydrogen) atoms. The third-order valence-corrected chi connectivity index (χ3v) is 2.17. The van der Waals surface area contributed by atoms with E-state index < -0.39 is 0 Å². The standard InChI is InChI=1S/C10H19N3O/c1-6(2)8-12-9(14-13-8)7(11)10(3,4)5/h6-7H,11H2,1-5H3/t7-/m0/s1. The molecule has 2 N–H and O–H groups in total. The van der Waals surface area contributed by atoms with Crippen LogP contribution >= 0.6 is 0 Å². The molecule has 4 heteroatoms. The van der Waals surface area contributed by atoms with Gasteiger partial charge in [0.05, 0.1) is 6.04 Å². The molecule has 0 aliphatic carbocycles. The summed E-state index contributed by atoms with van der Waals surface area (Å²) in [5.74, 6) is 1.53. The molecule has 1 aromatic heterocycles. The summed E-state index contributed by atoms with van der Waals surface area (Å²) >= 11 is 0. The molecule has 0 radical (unpaired) electrons. The third kappa shape index (κ3) is 2.32. The lowest BCUT2D eigenvalue weighted by atomic mass is 9.87. The maximum Gasteiger partial charge on any atom is 0.244 e. The Morgan fingerprint density at radius 3 is 2.21 bits per heavy atom. The van der Waals surface area contributed by atoms with Gasteiger partial charge in [-0.2, -0.15) is 4.98 Å². The van der Waals surface area contributed by atoms with Gasteiger partial charge in [0.25, 0.3) is 0 Å². The topological polar surface area (TPSA) is 64.9 Å². The van der Waals surface area contributed by atoms with Gasteiger partial charge in [-0.25, -0.2) is 0 Å².